The van der Waals surface area contributed by atoms with E-state index in [1.54, 1.807) is 18.2 Å². The van der Waals surface area contributed by atoms with Crippen LogP contribution in [-0.4, -0.2) is 29.4 Å². The summed E-state index contributed by atoms with van der Waals surface area (Å²) in [5.74, 6) is 0.106. The summed E-state index contributed by atoms with van der Waals surface area (Å²) in [5.41, 5.74) is 0.589. The molecular formula is C15H21N3O2. The number of nitrogens with zero attached hydrogens (tertiary/aromatic N) is 1. The number of hydrogen-bond acceptors (Lipinski definition) is 3. The van der Waals surface area contributed by atoms with Crippen molar-refractivity contribution in [2.75, 3.05) is 6.54 Å². The highest BCUT2D eigenvalue weighted by atomic mass is 16.2. The molecule has 108 valence electrons. The van der Waals surface area contributed by atoms with Crippen molar-refractivity contribution in [3.63, 3.8) is 0 Å². The van der Waals surface area contributed by atoms with E-state index >= 15 is 0 Å². The molecule has 0 unspecified atom stereocenters. The smallest absolute Gasteiger partial charge is 0.270 e. The molecule has 1 fully saturated rings. The van der Waals surface area contributed by atoms with Crippen molar-refractivity contribution in [3.8, 4) is 0 Å². The van der Waals surface area contributed by atoms with Crippen LogP contribution in [0.1, 0.15) is 54.1 Å². The Bertz CT molecular complexity index is 496. The van der Waals surface area contributed by atoms with Gasteiger partial charge in [-0.2, -0.15) is 0 Å². The van der Waals surface area contributed by atoms with Gasteiger partial charge in [0.1, 0.15) is 11.4 Å². The van der Waals surface area contributed by atoms with Crippen molar-refractivity contribution in [1.29, 1.82) is 0 Å². The molecule has 0 spiro atoms. The Hall–Kier alpha value is -1.91. The Kier molecular flexibility index (Phi) is 4.71. The Morgan fingerprint density at radius 2 is 1.90 bits per heavy atom. The van der Waals surface area contributed by atoms with E-state index in [0.29, 0.717) is 18.2 Å². The van der Waals surface area contributed by atoms with Crippen LogP contribution in [0, 0.1) is 5.92 Å². The molecule has 2 N–H and O–H groups in total. The third-order valence-electron chi connectivity index (χ3n) is 3.13. The lowest BCUT2D eigenvalue weighted by atomic mass is 10.1. The predicted octanol–water partition coefficient (Wildman–Crippen LogP) is 1.75. The summed E-state index contributed by atoms with van der Waals surface area (Å²) >= 11 is 0. The minimum Gasteiger partial charge on any atom is -0.351 e. The molecule has 20 heavy (non-hydrogen) atoms. The van der Waals surface area contributed by atoms with Crippen molar-refractivity contribution in [2.45, 2.75) is 39.2 Å². The summed E-state index contributed by atoms with van der Waals surface area (Å²) in [6.45, 7) is 4.83. The lowest BCUT2D eigenvalue weighted by Crippen LogP contribution is -2.29. The predicted molar refractivity (Wildman–Crippen MR) is 76.5 cm³/mol. The van der Waals surface area contributed by atoms with E-state index < -0.39 is 0 Å². The highest BCUT2D eigenvalue weighted by Gasteiger charge is 2.24. The Morgan fingerprint density at radius 1 is 1.25 bits per heavy atom. The molecular weight excluding hydrogens is 254 g/mol. The molecule has 0 saturated heterocycles. The van der Waals surface area contributed by atoms with Crippen molar-refractivity contribution >= 4 is 11.8 Å². The SMILES string of the molecule is CC(C)CCNC(=O)c1cccc(C(=O)NC2CC2)n1. The first-order chi connectivity index (χ1) is 9.56. The maximum atomic E-state index is 11.9. The van der Waals surface area contributed by atoms with Crippen molar-refractivity contribution in [3.05, 3.63) is 29.6 Å². The van der Waals surface area contributed by atoms with Gasteiger partial charge in [0.05, 0.1) is 0 Å². The quantitative estimate of drug-likeness (QED) is 0.831. The molecule has 0 aromatic carbocycles. The topological polar surface area (TPSA) is 71.1 Å². The first-order valence-electron chi connectivity index (χ1n) is 7.12. The summed E-state index contributed by atoms with van der Waals surface area (Å²) in [6, 6.07) is 5.22. The molecule has 2 amide bonds. The fourth-order valence-electron chi connectivity index (χ4n) is 1.74. The zero-order valence-corrected chi connectivity index (χ0v) is 12.0. The molecule has 1 heterocycles. The summed E-state index contributed by atoms with van der Waals surface area (Å²) in [4.78, 5) is 27.9. The summed E-state index contributed by atoms with van der Waals surface area (Å²) in [6.07, 6.45) is 2.98. The van der Waals surface area contributed by atoms with Gasteiger partial charge in [-0.1, -0.05) is 19.9 Å². The number of aromatic nitrogens is 1. The number of carbonyl (C=O) groups is 2. The highest BCUT2D eigenvalue weighted by molar-refractivity contribution is 5.96. The monoisotopic (exact) mass is 275 g/mol. The molecule has 5 heteroatoms. The molecule has 0 radical (unpaired) electrons. The maximum absolute atomic E-state index is 11.9. The molecule has 0 aliphatic heterocycles. The number of pyridine rings is 1. The number of nitrogens with one attached hydrogen (secondary N) is 2. The van der Waals surface area contributed by atoms with Crippen LogP contribution in [-0.2, 0) is 0 Å². The summed E-state index contributed by atoms with van der Waals surface area (Å²) < 4.78 is 0. The van der Waals surface area contributed by atoms with Crippen LogP contribution < -0.4 is 10.6 Å². The third-order valence-corrected chi connectivity index (χ3v) is 3.13. The second-order valence-electron chi connectivity index (χ2n) is 5.59. The fraction of sp³-hybridized carbons (Fsp3) is 0.533. The molecule has 1 aromatic heterocycles. The van der Waals surface area contributed by atoms with Gasteiger partial charge in [0, 0.05) is 12.6 Å². The lowest BCUT2D eigenvalue weighted by molar-refractivity contribution is 0.0942. The zero-order valence-electron chi connectivity index (χ0n) is 12.0. The van der Waals surface area contributed by atoms with Crippen LogP contribution in [0.15, 0.2) is 18.2 Å². The second-order valence-corrected chi connectivity index (χ2v) is 5.59. The zero-order chi connectivity index (χ0) is 14.5. The molecule has 1 aromatic rings. The summed E-state index contributed by atoms with van der Waals surface area (Å²) in [5, 5.41) is 5.68. The van der Waals surface area contributed by atoms with Crippen molar-refractivity contribution in [1.82, 2.24) is 15.6 Å². The van der Waals surface area contributed by atoms with Gasteiger partial charge in [0.25, 0.3) is 11.8 Å². The number of carbonyl (C=O) groups excluding carboxylic acids is 2. The lowest BCUT2D eigenvalue weighted by Gasteiger charge is -2.08. The fourth-order valence-corrected chi connectivity index (χ4v) is 1.74. The van der Waals surface area contributed by atoms with Crippen LogP contribution in [0.25, 0.3) is 0 Å². The molecule has 5 nitrogen and oxygen atoms in total. The molecule has 0 bridgehead atoms. The highest BCUT2D eigenvalue weighted by Crippen LogP contribution is 2.19. The third kappa shape index (κ3) is 4.33. The van der Waals surface area contributed by atoms with Gasteiger partial charge in [-0.25, -0.2) is 4.98 Å². The second kappa shape index (κ2) is 6.50. The number of hydrogen-bond donors (Lipinski definition) is 2. The van der Waals surface area contributed by atoms with Gasteiger partial charge in [-0.3, -0.25) is 9.59 Å². The standard InChI is InChI=1S/C15H21N3O2/c1-10(2)8-9-16-14(19)12-4-3-5-13(18-12)15(20)17-11-6-7-11/h3-5,10-11H,6-9H2,1-2H3,(H,16,19)(H,17,20). The number of amides is 2. The van der Waals surface area contributed by atoms with E-state index in [2.05, 4.69) is 29.5 Å². The molecule has 1 aliphatic rings. The molecule has 2 rings (SSSR count). The maximum Gasteiger partial charge on any atom is 0.270 e. The van der Waals surface area contributed by atoms with Crippen LogP contribution >= 0.6 is 0 Å². The first kappa shape index (κ1) is 14.5. The normalized spacial score (nSPS) is 14.2. The molecule has 1 aliphatic carbocycles. The van der Waals surface area contributed by atoms with Crippen LogP contribution in [0.4, 0.5) is 0 Å². The Labute approximate surface area is 119 Å². The number of rotatable bonds is 6. The molecule has 0 atom stereocenters. The average molecular weight is 275 g/mol. The van der Waals surface area contributed by atoms with Gasteiger partial charge in [0.2, 0.25) is 0 Å². The van der Waals surface area contributed by atoms with Gasteiger partial charge in [-0.15, -0.1) is 0 Å². The van der Waals surface area contributed by atoms with E-state index in [0.717, 1.165) is 19.3 Å². The van der Waals surface area contributed by atoms with E-state index in [-0.39, 0.29) is 23.6 Å². The minimum atomic E-state index is -0.230. The van der Waals surface area contributed by atoms with Crippen molar-refractivity contribution in [2.24, 2.45) is 5.92 Å². The van der Waals surface area contributed by atoms with Crippen LogP contribution in [0.2, 0.25) is 0 Å². The first-order valence-corrected chi connectivity index (χ1v) is 7.12. The summed E-state index contributed by atoms with van der Waals surface area (Å²) in [7, 11) is 0. The van der Waals surface area contributed by atoms with Crippen LogP contribution in [0.5, 0.6) is 0 Å². The van der Waals surface area contributed by atoms with Gasteiger partial charge in [0.15, 0.2) is 0 Å². The largest absolute Gasteiger partial charge is 0.351 e. The van der Waals surface area contributed by atoms with Crippen LogP contribution in [0.3, 0.4) is 0 Å². The van der Waals surface area contributed by atoms with Gasteiger partial charge in [-0.05, 0) is 37.3 Å². The van der Waals surface area contributed by atoms with Gasteiger partial charge >= 0.3 is 0 Å². The van der Waals surface area contributed by atoms with E-state index in [1.165, 1.54) is 0 Å². The van der Waals surface area contributed by atoms with E-state index in [4.69, 9.17) is 0 Å². The van der Waals surface area contributed by atoms with Crippen molar-refractivity contribution < 1.29 is 9.59 Å². The van der Waals surface area contributed by atoms with Gasteiger partial charge < -0.3 is 10.6 Å². The Balaban J connectivity index is 1.93. The van der Waals surface area contributed by atoms with E-state index in [9.17, 15) is 9.59 Å². The van der Waals surface area contributed by atoms with E-state index in [1.807, 2.05) is 0 Å². The molecule has 1 saturated carbocycles. The average Bonchev–Trinajstić information content (AvgIpc) is 3.22. The minimum absolute atomic E-state index is 0.204. The Morgan fingerprint density at radius 3 is 2.50 bits per heavy atom.